The lowest BCUT2D eigenvalue weighted by Crippen LogP contribution is -2.22. The van der Waals surface area contributed by atoms with Crippen LogP contribution in [0.4, 0.5) is 0 Å². The molecule has 0 spiro atoms. The molecule has 0 aromatic heterocycles. The topological polar surface area (TPSA) is 38.4 Å². The number of aliphatic imine (C=N–C) groups is 1. The van der Waals surface area contributed by atoms with Crippen LogP contribution in [-0.4, -0.2) is 17.3 Å². The lowest BCUT2D eigenvalue weighted by atomic mass is 9.99. The summed E-state index contributed by atoms with van der Waals surface area (Å²) in [6.07, 6.45) is 0.935. The van der Waals surface area contributed by atoms with Crippen LogP contribution in [0.2, 0.25) is 0 Å². The lowest BCUT2D eigenvalue weighted by Gasteiger charge is -2.13. The van der Waals surface area contributed by atoms with Crippen LogP contribution in [0.3, 0.4) is 0 Å². The van der Waals surface area contributed by atoms with Gasteiger partial charge in [0, 0.05) is 12.3 Å². The number of nitrogens with zero attached hydrogens (tertiary/aromatic N) is 1. The van der Waals surface area contributed by atoms with Crippen LogP contribution in [-0.2, 0) is 0 Å². The van der Waals surface area contributed by atoms with E-state index in [4.69, 9.17) is 17.3 Å². The van der Waals surface area contributed by atoms with Gasteiger partial charge in [0.1, 0.15) is 0 Å². The van der Waals surface area contributed by atoms with E-state index in [1.807, 2.05) is 0 Å². The first kappa shape index (κ1) is 6.47. The number of rotatable bonds is 0. The van der Waals surface area contributed by atoms with E-state index in [9.17, 15) is 0 Å². The molecule has 1 aliphatic carbocycles. The van der Waals surface area contributed by atoms with Crippen LogP contribution >= 0.6 is 11.6 Å². The SMILES string of the molecule is C[C@H]1CC(N)=N[C@@H]2C(Cl)[C@@H]21. The second-order valence-corrected chi connectivity index (χ2v) is 3.82. The molecule has 1 heterocycles. The average Bonchev–Trinajstić information content (AvgIpc) is 2.42. The standard InChI is InChI=1S/C7H11ClN2/c1-3-2-4(9)10-7-5(3)6(7)8/h3,5-7H,2H2,1H3,(H2,9,10)/t3-,5-,6?,7-/m0/s1. The molecule has 2 aliphatic rings. The highest BCUT2D eigenvalue weighted by atomic mass is 35.5. The van der Waals surface area contributed by atoms with Crippen molar-refractivity contribution in [2.24, 2.45) is 22.6 Å². The van der Waals surface area contributed by atoms with E-state index in [0.717, 1.165) is 12.3 Å². The maximum Gasteiger partial charge on any atom is 0.0944 e. The first-order valence-electron chi connectivity index (χ1n) is 3.66. The summed E-state index contributed by atoms with van der Waals surface area (Å²) in [5, 5.41) is 0.274. The van der Waals surface area contributed by atoms with Gasteiger partial charge in [0.15, 0.2) is 0 Å². The summed E-state index contributed by atoms with van der Waals surface area (Å²) in [4.78, 5) is 4.25. The summed E-state index contributed by atoms with van der Waals surface area (Å²) in [5.41, 5.74) is 5.60. The maximum atomic E-state index is 5.96. The highest BCUT2D eigenvalue weighted by molar-refractivity contribution is 6.23. The Labute approximate surface area is 65.5 Å². The van der Waals surface area contributed by atoms with Crippen molar-refractivity contribution in [3.05, 3.63) is 0 Å². The van der Waals surface area contributed by atoms with E-state index in [0.29, 0.717) is 17.9 Å². The molecule has 0 bridgehead atoms. The molecule has 4 atom stereocenters. The third-order valence-electron chi connectivity index (χ3n) is 2.45. The molecule has 0 aromatic carbocycles. The molecule has 1 unspecified atom stereocenters. The minimum absolute atomic E-state index is 0.274. The molecular formula is C7H11ClN2. The van der Waals surface area contributed by atoms with Gasteiger partial charge >= 0.3 is 0 Å². The van der Waals surface area contributed by atoms with E-state index < -0.39 is 0 Å². The molecule has 2 rings (SSSR count). The molecule has 10 heavy (non-hydrogen) atoms. The van der Waals surface area contributed by atoms with Crippen molar-refractivity contribution in [2.75, 3.05) is 0 Å². The maximum absolute atomic E-state index is 5.96. The van der Waals surface area contributed by atoms with E-state index in [1.165, 1.54) is 0 Å². The Morgan fingerprint density at radius 2 is 2.40 bits per heavy atom. The quantitative estimate of drug-likeness (QED) is 0.525. The Hall–Kier alpha value is -0.240. The lowest BCUT2D eigenvalue weighted by molar-refractivity contribution is 0.499. The monoisotopic (exact) mass is 158 g/mol. The fraction of sp³-hybridized carbons (Fsp3) is 0.857. The van der Waals surface area contributed by atoms with Crippen LogP contribution in [0, 0.1) is 11.8 Å². The average molecular weight is 159 g/mol. The summed E-state index contributed by atoms with van der Waals surface area (Å²) in [7, 11) is 0. The number of halogens is 1. The molecule has 0 aromatic rings. The van der Waals surface area contributed by atoms with Crippen molar-refractivity contribution >= 4 is 17.4 Å². The summed E-state index contributed by atoms with van der Waals surface area (Å²) in [6, 6.07) is 0.352. The Balaban J connectivity index is 2.18. The molecule has 1 fully saturated rings. The summed E-state index contributed by atoms with van der Waals surface area (Å²) in [5.74, 6) is 2.05. The van der Waals surface area contributed by atoms with Gasteiger partial charge in [-0.15, -0.1) is 11.6 Å². The fourth-order valence-electron chi connectivity index (χ4n) is 1.80. The molecule has 3 heteroatoms. The van der Waals surface area contributed by atoms with Crippen molar-refractivity contribution in [1.29, 1.82) is 0 Å². The van der Waals surface area contributed by atoms with Crippen molar-refractivity contribution in [1.82, 2.24) is 0 Å². The van der Waals surface area contributed by atoms with Gasteiger partial charge in [0.2, 0.25) is 0 Å². The van der Waals surface area contributed by atoms with Crippen LogP contribution in [0.25, 0.3) is 0 Å². The largest absolute Gasteiger partial charge is 0.387 e. The molecular weight excluding hydrogens is 148 g/mol. The van der Waals surface area contributed by atoms with Crippen LogP contribution in [0.5, 0.6) is 0 Å². The van der Waals surface area contributed by atoms with Crippen LogP contribution in [0.15, 0.2) is 4.99 Å². The van der Waals surface area contributed by atoms with Crippen LogP contribution < -0.4 is 5.73 Å². The summed E-state index contributed by atoms with van der Waals surface area (Å²) >= 11 is 5.96. The second kappa shape index (κ2) is 1.88. The van der Waals surface area contributed by atoms with Gasteiger partial charge in [-0.3, -0.25) is 4.99 Å². The molecule has 0 saturated heterocycles. The van der Waals surface area contributed by atoms with Crippen molar-refractivity contribution in [3.63, 3.8) is 0 Å². The number of hydrogen-bond donors (Lipinski definition) is 1. The highest BCUT2D eigenvalue weighted by Crippen LogP contribution is 2.48. The molecule has 2 N–H and O–H groups in total. The van der Waals surface area contributed by atoms with E-state index in [-0.39, 0.29) is 5.38 Å². The summed E-state index contributed by atoms with van der Waals surface area (Å²) < 4.78 is 0. The predicted molar refractivity (Wildman–Crippen MR) is 42.3 cm³/mol. The third-order valence-corrected chi connectivity index (χ3v) is 3.00. The number of fused-ring (bicyclic) bond motifs is 1. The summed E-state index contributed by atoms with van der Waals surface area (Å²) in [6.45, 7) is 2.20. The van der Waals surface area contributed by atoms with E-state index >= 15 is 0 Å². The molecule has 1 saturated carbocycles. The Bertz CT molecular complexity index is 190. The van der Waals surface area contributed by atoms with Gasteiger partial charge in [-0.05, 0) is 5.92 Å². The number of alkyl halides is 1. The van der Waals surface area contributed by atoms with Gasteiger partial charge in [0.25, 0.3) is 0 Å². The van der Waals surface area contributed by atoms with Gasteiger partial charge in [-0.25, -0.2) is 0 Å². The van der Waals surface area contributed by atoms with Crippen molar-refractivity contribution < 1.29 is 0 Å². The first-order valence-corrected chi connectivity index (χ1v) is 4.10. The Morgan fingerprint density at radius 3 is 3.00 bits per heavy atom. The Morgan fingerprint density at radius 1 is 1.70 bits per heavy atom. The number of nitrogens with two attached hydrogens (primary N) is 1. The van der Waals surface area contributed by atoms with Crippen molar-refractivity contribution in [3.8, 4) is 0 Å². The second-order valence-electron chi connectivity index (χ2n) is 3.31. The fourth-order valence-corrected chi connectivity index (χ4v) is 2.34. The predicted octanol–water partition coefficient (Wildman–Crippen LogP) is 0.989. The normalized spacial score (nSPS) is 51.6. The van der Waals surface area contributed by atoms with Gasteiger partial charge < -0.3 is 5.73 Å². The molecule has 0 amide bonds. The van der Waals surface area contributed by atoms with Crippen molar-refractivity contribution in [2.45, 2.75) is 24.8 Å². The zero-order chi connectivity index (χ0) is 7.30. The number of hydrogen-bond acceptors (Lipinski definition) is 2. The Kier molecular flexibility index (Phi) is 1.21. The smallest absolute Gasteiger partial charge is 0.0944 e. The minimum atomic E-state index is 0.274. The third kappa shape index (κ3) is 0.749. The molecule has 0 radical (unpaired) electrons. The van der Waals surface area contributed by atoms with E-state index in [1.54, 1.807) is 0 Å². The van der Waals surface area contributed by atoms with Gasteiger partial charge in [-0.1, -0.05) is 6.92 Å². The van der Waals surface area contributed by atoms with Crippen LogP contribution in [0.1, 0.15) is 13.3 Å². The first-order chi connectivity index (χ1) is 4.70. The molecule has 56 valence electrons. The van der Waals surface area contributed by atoms with Gasteiger partial charge in [0.05, 0.1) is 17.3 Å². The highest BCUT2D eigenvalue weighted by Gasteiger charge is 2.54. The van der Waals surface area contributed by atoms with Gasteiger partial charge in [-0.2, -0.15) is 0 Å². The zero-order valence-corrected chi connectivity index (χ0v) is 6.67. The van der Waals surface area contributed by atoms with E-state index in [2.05, 4.69) is 11.9 Å². The number of amidine groups is 1. The molecule has 1 aliphatic heterocycles. The molecule has 2 nitrogen and oxygen atoms in total. The minimum Gasteiger partial charge on any atom is -0.387 e. The zero-order valence-electron chi connectivity index (χ0n) is 5.92.